The summed E-state index contributed by atoms with van der Waals surface area (Å²) >= 11 is 0. The van der Waals surface area contributed by atoms with Crippen LogP contribution in [0.3, 0.4) is 0 Å². The van der Waals surface area contributed by atoms with Gasteiger partial charge in [0.05, 0.1) is 5.56 Å². The van der Waals surface area contributed by atoms with Gasteiger partial charge in [-0.25, -0.2) is 13.2 Å². The predicted octanol–water partition coefficient (Wildman–Crippen LogP) is 2.78. The second-order valence-electron chi connectivity index (χ2n) is 2.84. The smallest absolute Gasteiger partial charge is 0.266 e. The Morgan fingerprint density at radius 3 is 2.23 bits per heavy atom. The van der Waals surface area contributed by atoms with Crippen molar-refractivity contribution in [3.63, 3.8) is 0 Å². The molecule has 1 nitrogen and oxygen atoms in total. The minimum absolute atomic E-state index is 0.123. The van der Waals surface area contributed by atoms with Crippen LogP contribution in [0.25, 0.3) is 0 Å². The third kappa shape index (κ3) is 2.01. The Morgan fingerprint density at radius 1 is 1.23 bits per heavy atom. The van der Waals surface area contributed by atoms with Gasteiger partial charge in [0.25, 0.3) is 6.43 Å². The molecule has 0 bridgehead atoms. The average molecular weight is 189 g/mol. The van der Waals surface area contributed by atoms with Gasteiger partial charge in [-0.15, -0.1) is 0 Å². The minimum Gasteiger partial charge on any atom is -0.324 e. The number of benzene rings is 1. The summed E-state index contributed by atoms with van der Waals surface area (Å²) < 4.78 is 37.6. The van der Waals surface area contributed by atoms with Crippen molar-refractivity contribution >= 4 is 0 Å². The molecule has 4 heteroatoms. The lowest BCUT2D eigenvalue weighted by Gasteiger charge is -2.09. The molecule has 0 saturated carbocycles. The van der Waals surface area contributed by atoms with Crippen molar-refractivity contribution in [1.29, 1.82) is 0 Å². The molecular formula is C9H10F3N. The maximum absolute atomic E-state index is 13.2. The quantitative estimate of drug-likeness (QED) is 0.760. The van der Waals surface area contributed by atoms with Crippen molar-refractivity contribution in [1.82, 2.24) is 0 Å². The largest absolute Gasteiger partial charge is 0.324 e. The van der Waals surface area contributed by atoms with Crippen molar-refractivity contribution in [2.45, 2.75) is 19.4 Å². The molecule has 1 aromatic rings. The van der Waals surface area contributed by atoms with Gasteiger partial charge in [-0.2, -0.15) is 0 Å². The van der Waals surface area contributed by atoms with Crippen LogP contribution in [0.1, 0.15) is 30.5 Å². The Bertz CT molecular complexity index is 271. The molecule has 1 aromatic carbocycles. The molecule has 1 atom stereocenters. The van der Waals surface area contributed by atoms with Crippen molar-refractivity contribution in [2.75, 3.05) is 0 Å². The monoisotopic (exact) mass is 189 g/mol. The first kappa shape index (κ1) is 10.1. The van der Waals surface area contributed by atoms with Crippen LogP contribution in [0.4, 0.5) is 13.2 Å². The number of hydrogen-bond donors (Lipinski definition) is 1. The van der Waals surface area contributed by atoms with Gasteiger partial charge in [0.1, 0.15) is 5.82 Å². The number of hydrogen-bond acceptors (Lipinski definition) is 1. The fraction of sp³-hybridized carbons (Fsp3) is 0.333. The summed E-state index contributed by atoms with van der Waals surface area (Å²) in [4.78, 5) is 0. The molecule has 2 N–H and O–H groups in total. The summed E-state index contributed by atoms with van der Waals surface area (Å²) in [6, 6.07) is 3.28. The molecule has 0 aliphatic rings. The van der Waals surface area contributed by atoms with Crippen LogP contribution in [0.15, 0.2) is 18.2 Å². The van der Waals surface area contributed by atoms with E-state index in [9.17, 15) is 13.2 Å². The van der Waals surface area contributed by atoms with Crippen LogP contribution < -0.4 is 5.73 Å². The van der Waals surface area contributed by atoms with Crippen molar-refractivity contribution in [3.05, 3.63) is 35.1 Å². The summed E-state index contributed by atoms with van der Waals surface area (Å²) in [6.07, 6.45) is -2.79. The molecule has 72 valence electrons. The van der Waals surface area contributed by atoms with E-state index < -0.39 is 23.8 Å². The third-order valence-electron chi connectivity index (χ3n) is 1.78. The van der Waals surface area contributed by atoms with Gasteiger partial charge >= 0.3 is 0 Å². The molecule has 0 amide bonds. The summed E-state index contributed by atoms with van der Waals surface area (Å²) in [5.41, 5.74) is 4.93. The summed E-state index contributed by atoms with van der Waals surface area (Å²) in [6.45, 7) is 1.55. The first-order chi connectivity index (χ1) is 6.04. The lowest BCUT2D eigenvalue weighted by Crippen LogP contribution is -2.09. The molecule has 13 heavy (non-hydrogen) atoms. The lowest BCUT2D eigenvalue weighted by atomic mass is 10.0. The molecule has 0 radical (unpaired) electrons. The predicted molar refractivity (Wildman–Crippen MR) is 44.0 cm³/mol. The first-order valence-electron chi connectivity index (χ1n) is 3.86. The number of alkyl halides is 2. The molecule has 0 saturated heterocycles. The number of rotatable bonds is 2. The summed E-state index contributed by atoms with van der Waals surface area (Å²) in [7, 11) is 0. The van der Waals surface area contributed by atoms with E-state index in [0.29, 0.717) is 0 Å². The molecule has 0 spiro atoms. The van der Waals surface area contributed by atoms with E-state index in [4.69, 9.17) is 5.73 Å². The second kappa shape index (κ2) is 3.79. The van der Waals surface area contributed by atoms with Crippen LogP contribution in [0.5, 0.6) is 0 Å². The zero-order valence-electron chi connectivity index (χ0n) is 7.10. The Kier molecular flexibility index (Phi) is 2.93. The number of nitrogens with two attached hydrogens (primary N) is 1. The van der Waals surface area contributed by atoms with E-state index in [1.807, 2.05) is 0 Å². The Morgan fingerprint density at radius 2 is 1.77 bits per heavy atom. The van der Waals surface area contributed by atoms with Gasteiger partial charge in [0, 0.05) is 11.6 Å². The fourth-order valence-electron chi connectivity index (χ4n) is 1.09. The number of halogens is 3. The van der Waals surface area contributed by atoms with Crippen molar-refractivity contribution in [3.8, 4) is 0 Å². The second-order valence-corrected chi connectivity index (χ2v) is 2.84. The van der Waals surface area contributed by atoms with Gasteiger partial charge in [0.2, 0.25) is 0 Å². The highest BCUT2D eigenvalue weighted by atomic mass is 19.3. The van der Waals surface area contributed by atoms with E-state index in [-0.39, 0.29) is 5.56 Å². The average Bonchev–Trinajstić information content (AvgIpc) is 2.03. The molecular weight excluding hydrogens is 179 g/mol. The van der Waals surface area contributed by atoms with Gasteiger partial charge in [-0.3, -0.25) is 0 Å². The van der Waals surface area contributed by atoms with Gasteiger partial charge in [-0.05, 0) is 6.92 Å². The SMILES string of the molecule is C[C@@H](N)c1cccc(C(F)F)c1F. The maximum Gasteiger partial charge on any atom is 0.266 e. The first-order valence-corrected chi connectivity index (χ1v) is 3.86. The van der Waals surface area contributed by atoms with Crippen LogP contribution in [0, 0.1) is 5.82 Å². The van der Waals surface area contributed by atoms with E-state index in [2.05, 4.69) is 0 Å². The lowest BCUT2D eigenvalue weighted by molar-refractivity contribution is 0.146. The maximum atomic E-state index is 13.2. The van der Waals surface area contributed by atoms with E-state index in [1.165, 1.54) is 12.1 Å². The molecule has 0 heterocycles. The van der Waals surface area contributed by atoms with Crippen LogP contribution >= 0.6 is 0 Å². The van der Waals surface area contributed by atoms with Gasteiger partial charge < -0.3 is 5.73 Å². The van der Waals surface area contributed by atoms with E-state index >= 15 is 0 Å². The van der Waals surface area contributed by atoms with Gasteiger partial charge in [-0.1, -0.05) is 18.2 Å². The Hall–Kier alpha value is -1.03. The zero-order valence-corrected chi connectivity index (χ0v) is 7.10. The molecule has 0 fully saturated rings. The zero-order chi connectivity index (χ0) is 10.0. The molecule has 0 aliphatic carbocycles. The third-order valence-corrected chi connectivity index (χ3v) is 1.78. The fourth-order valence-corrected chi connectivity index (χ4v) is 1.09. The molecule has 1 rings (SSSR count). The topological polar surface area (TPSA) is 26.0 Å². The van der Waals surface area contributed by atoms with E-state index in [0.717, 1.165) is 6.07 Å². The Labute approximate surface area is 74.4 Å². The highest BCUT2D eigenvalue weighted by Crippen LogP contribution is 2.26. The highest BCUT2D eigenvalue weighted by molar-refractivity contribution is 5.28. The van der Waals surface area contributed by atoms with Crippen molar-refractivity contribution in [2.24, 2.45) is 5.73 Å². The van der Waals surface area contributed by atoms with Crippen molar-refractivity contribution < 1.29 is 13.2 Å². The van der Waals surface area contributed by atoms with Crippen LogP contribution in [-0.4, -0.2) is 0 Å². The molecule has 0 unspecified atom stereocenters. The van der Waals surface area contributed by atoms with E-state index in [1.54, 1.807) is 6.92 Å². The van der Waals surface area contributed by atoms with Gasteiger partial charge in [0.15, 0.2) is 0 Å². The molecule has 0 aliphatic heterocycles. The summed E-state index contributed by atoms with van der Waals surface area (Å²) in [5.74, 6) is -0.896. The standard InChI is InChI=1S/C9H10F3N/c1-5(13)6-3-2-4-7(8(6)10)9(11)12/h2-5,9H,13H2,1H3/t5-/m1/s1. The minimum atomic E-state index is -2.79. The van der Waals surface area contributed by atoms with Crippen LogP contribution in [-0.2, 0) is 0 Å². The molecule has 0 aromatic heterocycles. The normalized spacial score (nSPS) is 13.4. The van der Waals surface area contributed by atoms with Crippen LogP contribution in [0.2, 0.25) is 0 Å². The highest BCUT2D eigenvalue weighted by Gasteiger charge is 2.17. The Balaban J connectivity index is 3.18. The summed E-state index contributed by atoms with van der Waals surface area (Å²) in [5, 5.41) is 0.